The lowest BCUT2D eigenvalue weighted by molar-refractivity contribution is -0.570. The van der Waals surface area contributed by atoms with Crippen LogP contribution >= 0.6 is 0 Å². The zero-order valence-electron chi connectivity index (χ0n) is 63.3. The van der Waals surface area contributed by atoms with Crippen LogP contribution in [0.3, 0.4) is 0 Å². The summed E-state index contributed by atoms with van der Waals surface area (Å²) in [7, 11) is 0. The highest BCUT2D eigenvalue weighted by molar-refractivity contribution is 6.11. The predicted octanol–water partition coefficient (Wildman–Crippen LogP) is 22.0. The third-order valence-corrected chi connectivity index (χ3v) is 19.6. The molecule has 17 rings (SSSR count). The Bertz CT molecular complexity index is 6020. The number of nitrogens with zero attached hydrogens (tertiary/aromatic N) is 5. The van der Waals surface area contributed by atoms with Crippen molar-refractivity contribution in [1.82, 2.24) is 18.7 Å². The average molecular weight is 1200 g/mol. The number of pyridine rings is 1. The molecule has 11 aromatic carbocycles. The quantitative estimate of drug-likeness (QED) is 0.118. The monoisotopic (exact) mass is 1200 g/mol. The molecule has 0 radical (unpaired) electrons. The Kier molecular flexibility index (Phi) is 9.98. The summed E-state index contributed by atoms with van der Waals surface area (Å²) in [6, 6.07) is 65.4. The number of para-hydroxylation sites is 3. The number of imidazole rings is 1. The number of aromatic nitrogens is 5. The SMILES string of the molecule is [2H]c1c([2H])c([2H])c(-c2cc(-c3c(C([2H])([2H])[2H])cccc3C([2H])([2H])[2H])cc3c2-[n+]2[c-]n(-c4cccc(Oc5ccc6c7ccccc7n(-c7cc(C(C)(C)C)ccn7)c6c5)c4)c4cc(-n5c6ccccc6c6ccccc65)cc(c42)-c2ccccc2-c2cc4c(cc2-3)C(C)(C)CCC4(C)C)c([2H])c1[2H]. The van der Waals surface area contributed by atoms with Gasteiger partial charge in [-0.2, -0.15) is 0 Å². The van der Waals surface area contributed by atoms with Crippen LogP contribution in [0.25, 0.3) is 133 Å². The van der Waals surface area contributed by atoms with Crippen molar-refractivity contribution >= 4 is 54.6 Å². The first-order chi connectivity index (χ1) is 49.1. The van der Waals surface area contributed by atoms with Crippen LogP contribution < -0.4 is 9.30 Å². The topological polar surface area (TPSA) is 40.8 Å². The van der Waals surface area contributed by atoms with Crippen molar-refractivity contribution in [3.8, 4) is 90.0 Å². The molecule has 1 aliphatic carbocycles. The molecule has 5 heterocycles. The first-order valence-corrected chi connectivity index (χ1v) is 31.6. The Morgan fingerprint density at radius 1 is 0.489 bits per heavy atom. The van der Waals surface area contributed by atoms with Crippen LogP contribution in [0.1, 0.15) is 104 Å². The third kappa shape index (κ3) is 8.67. The van der Waals surface area contributed by atoms with Gasteiger partial charge in [-0.3, -0.25) is 13.7 Å². The Hall–Kier alpha value is -10.6. The lowest BCUT2D eigenvalue weighted by atomic mass is 9.62. The van der Waals surface area contributed by atoms with E-state index in [2.05, 4.69) is 173 Å². The number of benzene rings is 11. The van der Waals surface area contributed by atoms with E-state index < -0.39 is 43.9 Å². The van der Waals surface area contributed by atoms with Gasteiger partial charge in [-0.15, -0.1) is 0 Å². The van der Waals surface area contributed by atoms with Gasteiger partial charge >= 0.3 is 0 Å². The summed E-state index contributed by atoms with van der Waals surface area (Å²) < 4.78 is 118. The number of aryl methyl sites for hydroxylation is 2. The molecule has 0 fully saturated rings. The van der Waals surface area contributed by atoms with Crippen LogP contribution in [0.2, 0.25) is 0 Å². The summed E-state index contributed by atoms with van der Waals surface area (Å²) >= 11 is 0. The fourth-order valence-electron chi connectivity index (χ4n) is 14.9. The van der Waals surface area contributed by atoms with Crippen molar-refractivity contribution in [3.05, 3.63) is 277 Å². The summed E-state index contributed by atoms with van der Waals surface area (Å²) in [4.78, 5) is 4.95. The molecule has 0 N–H and O–H groups in total. The molecule has 1 aliphatic heterocycles. The van der Waals surface area contributed by atoms with E-state index in [1.165, 1.54) is 18.2 Å². The highest BCUT2D eigenvalue weighted by Crippen LogP contribution is 2.54. The van der Waals surface area contributed by atoms with Crippen molar-refractivity contribution in [2.75, 3.05) is 0 Å². The Morgan fingerprint density at radius 2 is 1.08 bits per heavy atom. The standard InChI is InChI=1S/C86H71N5O/c1-53-23-21-24-54(2)81(53)56-43-68(55-25-11-10-12-26-55)82-71(44-56)70-51-74-73(85(6,7)40-41-86(74,8)9)50-69(70)62-29-13-14-30-63(62)72-47-59(90-75-34-18-15-31-64(75)65-32-16-19-35-76(65)90)48-79-83(72)89(82)52-88(79)58-27-22-28-60(46-58)92-61-37-38-67-66-33-17-20-36-77(66)91(78(67)49-61)80-45-57(39-42-87-80)84(3,4)5/h10-39,42-51H,40-41H2,1-9H3/i1D3,2D3,10D,11D,12D,25D,26D. The molecule has 0 unspecified atom stereocenters. The lowest BCUT2D eigenvalue weighted by Gasteiger charge is -2.42. The lowest BCUT2D eigenvalue weighted by Crippen LogP contribution is -2.34. The van der Waals surface area contributed by atoms with Gasteiger partial charge < -0.3 is 9.30 Å². The molecule has 0 atom stereocenters. The average Bonchev–Trinajstić information content (AvgIpc) is 1.67. The van der Waals surface area contributed by atoms with Gasteiger partial charge in [0, 0.05) is 47.7 Å². The van der Waals surface area contributed by atoms with Crippen LogP contribution in [0.5, 0.6) is 11.5 Å². The number of fused-ring (bicyclic) bond motifs is 14. The van der Waals surface area contributed by atoms with Crippen molar-refractivity contribution in [2.45, 2.75) is 91.3 Å². The van der Waals surface area contributed by atoms with E-state index in [1.807, 2.05) is 88.1 Å². The molecular formula is C86H71N5O. The molecule has 0 saturated heterocycles. The molecule has 2 aliphatic rings. The van der Waals surface area contributed by atoms with Gasteiger partial charge in [0.2, 0.25) is 0 Å². The van der Waals surface area contributed by atoms with Gasteiger partial charge in [0.1, 0.15) is 17.3 Å². The molecule has 0 spiro atoms. The molecule has 15 aromatic rings. The smallest absolute Gasteiger partial charge is 0.269 e. The summed E-state index contributed by atoms with van der Waals surface area (Å²) in [6.07, 6.45) is 7.54. The molecule has 0 bridgehead atoms. The number of rotatable bonds is 7. The highest BCUT2D eigenvalue weighted by atomic mass is 16.5. The summed E-state index contributed by atoms with van der Waals surface area (Å²) in [5, 5.41) is 4.23. The van der Waals surface area contributed by atoms with Crippen LogP contribution in [-0.2, 0) is 16.2 Å². The minimum atomic E-state index is -2.85. The molecule has 6 heteroatoms. The van der Waals surface area contributed by atoms with Crippen molar-refractivity contribution in [3.63, 3.8) is 0 Å². The van der Waals surface area contributed by atoms with Crippen LogP contribution in [-0.4, -0.2) is 18.7 Å². The fourth-order valence-corrected chi connectivity index (χ4v) is 14.9. The fraction of sp³-hybridized carbons (Fsp3) is 0.163. The van der Waals surface area contributed by atoms with Gasteiger partial charge in [-0.1, -0.05) is 188 Å². The minimum Gasteiger partial charge on any atom is -0.458 e. The van der Waals surface area contributed by atoms with Crippen molar-refractivity contribution < 1.29 is 24.4 Å². The summed E-state index contributed by atoms with van der Waals surface area (Å²) in [6.45, 7) is 9.95. The first kappa shape index (κ1) is 44.8. The molecule has 4 aromatic heterocycles. The van der Waals surface area contributed by atoms with Gasteiger partial charge in [-0.05, 0) is 217 Å². The van der Waals surface area contributed by atoms with E-state index in [4.69, 9.17) is 19.3 Å². The maximum Gasteiger partial charge on any atom is 0.269 e. The van der Waals surface area contributed by atoms with Crippen LogP contribution in [0.4, 0.5) is 0 Å². The van der Waals surface area contributed by atoms with E-state index in [1.54, 1.807) is 6.07 Å². The molecule has 0 amide bonds. The van der Waals surface area contributed by atoms with Gasteiger partial charge in [0.05, 0.1) is 51.3 Å². The van der Waals surface area contributed by atoms with E-state index in [9.17, 15) is 5.48 Å². The van der Waals surface area contributed by atoms with Gasteiger partial charge in [0.15, 0.2) is 0 Å². The van der Waals surface area contributed by atoms with Crippen molar-refractivity contribution in [1.29, 1.82) is 0 Å². The summed E-state index contributed by atoms with van der Waals surface area (Å²) in [5.74, 6) is 1.87. The molecule has 446 valence electrons. The van der Waals surface area contributed by atoms with Crippen LogP contribution in [0.15, 0.2) is 243 Å². The van der Waals surface area contributed by atoms with E-state index in [0.29, 0.717) is 45.0 Å². The maximum absolute atomic E-state index is 10.0. The Labute approximate surface area is 553 Å². The second-order valence-corrected chi connectivity index (χ2v) is 27.2. The van der Waals surface area contributed by atoms with E-state index in [-0.39, 0.29) is 49.6 Å². The second kappa shape index (κ2) is 20.5. The second-order valence-electron chi connectivity index (χ2n) is 27.2. The molecule has 6 nitrogen and oxygen atoms in total. The number of ether oxygens (including phenoxy) is 1. The molecular weight excluding hydrogens is 1120 g/mol. The van der Waals surface area contributed by atoms with Gasteiger partial charge in [-0.25, -0.2) is 4.98 Å². The predicted molar refractivity (Wildman–Crippen MR) is 381 cm³/mol. The molecule has 0 saturated carbocycles. The van der Waals surface area contributed by atoms with E-state index in [0.717, 1.165) is 107 Å². The van der Waals surface area contributed by atoms with Crippen molar-refractivity contribution in [2.24, 2.45) is 0 Å². The zero-order valence-corrected chi connectivity index (χ0v) is 52.3. The number of hydrogen-bond donors (Lipinski definition) is 0. The summed E-state index contributed by atoms with van der Waals surface area (Å²) in [5.41, 5.74) is 13.5. The Balaban J connectivity index is 1.02. The molecule has 92 heavy (non-hydrogen) atoms. The van der Waals surface area contributed by atoms with E-state index >= 15 is 0 Å². The van der Waals surface area contributed by atoms with Gasteiger partial charge in [0.25, 0.3) is 6.33 Å². The largest absolute Gasteiger partial charge is 0.458 e. The van der Waals surface area contributed by atoms with Crippen LogP contribution in [0, 0.1) is 20.0 Å². The minimum absolute atomic E-state index is 0.0723. The Morgan fingerprint density at radius 3 is 1.74 bits per heavy atom. The first-order valence-electron chi connectivity index (χ1n) is 37.1. The maximum atomic E-state index is 10.0. The highest BCUT2D eigenvalue weighted by Gasteiger charge is 2.39. The third-order valence-electron chi connectivity index (χ3n) is 19.6. The number of hydrogen-bond acceptors (Lipinski definition) is 2. The normalized spacial score (nSPS) is 16.0. The zero-order chi connectivity index (χ0) is 71.9.